The van der Waals surface area contributed by atoms with Crippen molar-refractivity contribution in [2.24, 2.45) is 5.73 Å². The van der Waals surface area contributed by atoms with Crippen molar-refractivity contribution in [1.82, 2.24) is 4.98 Å². The summed E-state index contributed by atoms with van der Waals surface area (Å²) in [6, 6.07) is 4.53. The van der Waals surface area contributed by atoms with Gasteiger partial charge in [0.25, 0.3) is 0 Å². The number of thiazole rings is 1. The molecule has 0 spiro atoms. The van der Waals surface area contributed by atoms with E-state index in [1.54, 1.807) is 11.4 Å². The molecule has 0 aliphatic rings. The highest BCUT2D eigenvalue weighted by molar-refractivity contribution is 7.80. The molecular weight excluding hydrogens is 273 g/mol. The van der Waals surface area contributed by atoms with E-state index in [2.05, 4.69) is 10.3 Å². The van der Waals surface area contributed by atoms with Crippen molar-refractivity contribution in [3.63, 3.8) is 0 Å². The zero-order valence-corrected chi connectivity index (χ0v) is 10.8. The zero-order chi connectivity index (χ0) is 13.1. The van der Waals surface area contributed by atoms with Gasteiger partial charge < -0.3 is 16.0 Å². The van der Waals surface area contributed by atoms with E-state index in [1.165, 1.54) is 12.1 Å². The Labute approximate surface area is 112 Å². The molecule has 0 radical (unpaired) electrons. The summed E-state index contributed by atoms with van der Waals surface area (Å²) in [5.41, 5.74) is 6.94. The minimum absolute atomic E-state index is 0.0289. The Bertz CT molecular complexity index is 635. The van der Waals surface area contributed by atoms with Crippen molar-refractivity contribution in [2.45, 2.75) is 6.54 Å². The molecule has 0 saturated carbocycles. The average Bonchev–Trinajstić information content (AvgIpc) is 2.72. The van der Waals surface area contributed by atoms with E-state index < -0.39 is 5.82 Å². The highest BCUT2D eigenvalue weighted by Crippen LogP contribution is 2.15. The Kier molecular flexibility index (Phi) is 3.73. The largest absolute Gasteiger partial charge is 0.389 e. The van der Waals surface area contributed by atoms with Crippen LogP contribution in [-0.2, 0) is 6.54 Å². The van der Waals surface area contributed by atoms with Gasteiger partial charge in [0.15, 0.2) is 0 Å². The minimum Gasteiger partial charge on any atom is -0.389 e. The molecule has 0 unspecified atom stereocenters. The number of benzene rings is 1. The molecule has 1 aromatic heterocycles. The standard InChI is InChI=1S/C11H10FN3OS2/c12-9-3-6(1-2-8(9)10(13)17)14-4-7-5-18-11(16)15-7/h1-3,5,14H,4H2,(H2,13,17)(H,15,16). The number of nitrogens with one attached hydrogen (secondary N) is 2. The van der Waals surface area contributed by atoms with Crippen LogP contribution in [0.1, 0.15) is 11.3 Å². The lowest BCUT2D eigenvalue weighted by molar-refractivity contribution is 0.626. The number of aromatic nitrogens is 1. The third kappa shape index (κ3) is 2.93. The van der Waals surface area contributed by atoms with Gasteiger partial charge in [0.2, 0.25) is 0 Å². The summed E-state index contributed by atoms with van der Waals surface area (Å²) in [5.74, 6) is -0.466. The Morgan fingerprint density at radius 3 is 2.89 bits per heavy atom. The van der Waals surface area contributed by atoms with E-state index in [9.17, 15) is 9.18 Å². The molecule has 2 rings (SSSR count). The summed E-state index contributed by atoms with van der Waals surface area (Å²) in [6.07, 6.45) is 0. The number of H-pyrrole nitrogens is 1. The van der Waals surface area contributed by atoms with Crippen LogP contribution in [0.3, 0.4) is 0 Å². The molecule has 0 bridgehead atoms. The van der Waals surface area contributed by atoms with Crippen LogP contribution in [0.2, 0.25) is 0 Å². The summed E-state index contributed by atoms with van der Waals surface area (Å²) in [5, 5.41) is 4.71. The predicted molar refractivity (Wildman–Crippen MR) is 74.6 cm³/mol. The van der Waals surface area contributed by atoms with Crippen molar-refractivity contribution in [1.29, 1.82) is 0 Å². The second kappa shape index (κ2) is 5.28. The van der Waals surface area contributed by atoms with Crippen LogP contribution in [0.4, 0.5) is 10.1 Å². The number of thiocarbonyl (C=S) groups is 1. The van der Waals surface area contributed by atoms with E-state index in [0.29, 0.717) is 12.2 Å². The molecule has 1 aromatic carbocycles. The van der Waals surface area contributed by atoms with Gasteiger partial charge in [-0.15, -0.1) is 0 Å². The van der Waals surface area contributed by atoms with Gasteiger partial charge in [0.05, 0.1) is 6.54 Å². The van der Waals surface area contributed by atoms with Crippen LogP contribution < -0.4 is 15.9 Å². The van der Waals surface area contributed by atoms with Gasteiger partial charge in [-0.25, -0.2) is 4.39 Å². The van der Waals surface area contributed by atoms with Gasteiger partial charge in [-0.1, -0.05) is 23.6 Å². The molecule has 0 amide bonds. The van der Waals surface area contributed by atoms with Gasteiger partial charge in [-0.3, -0.25) is 4.79 Å². The Morgan fingerprint density at radius 2 is 2.33 bits per heavy atom. The van der Waals surface area contributed by atoms with Crippen LogP contribution in [-0.4, -0.2) is 9.97 Å². The van der Waals surface area contributed by atoms with Gasteiger partial charge in [-0.05, 0) is 18.2 Å². The summed E-state index contributed by atoms with van der Waals surface area (Å²) >= 11 is 5.81. The SMILES string of the molecule is NC(=S)c1ccc(NCc2csc(=O)[nH]2)cc1F. The minimum atomic E-state index is -0.466. The molecule has 0 atom stereocenters. The number of nitrogens with two attached hydrogens (primary N) is 1. The summed E-state index contributed by atoms with van der Waals surface area (Å²) < 4.78 is 13.6. The van der Waals surface area contributed by atoms with E-state index in [-0.39, 0.29) is 15.4 Å². The third-order valence-electron chi connectivity index (χ3n) is 2.29. The molecule has 0 aliphatic carbocycles. The smallest absolute Gasteiger partial charge is 0.304 e. The average molecular weight is 283 g/mol. The van der Waals surface area contributed by atoms with Crippen molar-refractivity contribution in [3.05, 3.63) is 50.3 Å². The van der Waals surface area contributed by atoms with Crippen LogP contribution in [0.25, 0.3) is 0 Å². The van der Waals surface area contributed by atoms with E-state index >= 15 is 0 Å². The molecule has 2 aromatic rings. The normalized spacial score (nSPS) is 10.3. The Hall–Kier alpha value is -1.73. The number of hydrogen-bond donors (Lipinski definition) is 3. The van der Waals surface area contributed by atoms with Gasteiger partial charge in [0.1, 0.15) is 10.8 Å². The highest BCUT2D eigenvalue weighted by Gasteiger charge is 2.06. The van der Waals surface area contributed by atoms with Crippen molar-refractivity contribution >= 4 is 34.2 Å². The van der Waals surface area contributed by atoms with E-state index in [4.69, 9.17) is 18.0 Å². The van der Waals surface area contributed by atoms with Gasteiger partial charge in [0, 0.05) is 22.3 Å². The molecule has 0 saturated heterocycles. The molecule has 4 nitrogen and oxygen atoms in total. The van der Waals surface area contributed by atoms with Crippen molar-refractivity contribution in [3.8, 4) is 0 Å². The third-order valence-corrected chi connectivity index (χ3v) is 3.23. The van der Waals surface area contributed by atoms with Crippen LogP contribution in [0, 0.1) is 5.82 Å². The number of hydrogen-bond acceptors (Lipinski definition) is 4. The molecule has 94 valence electrons. The molecular formula is C11H10FN3OS2. The lowest BCUT2D eigenvalue weighted by Crippen LogP contribution is -2.12. The molecule has 0 fully saturated rings. The number of rotatable bonds is 4. The fraction of sp³-hybridized carbons (Fsp3) is 0.0909. The first kappa shape index (κ1) is 12.7. The first-order valence-corrected chi connectivity index (χ1v) is 6.35. The topological polar surface area (TPSA) is 70.9 Å². The molecule has 18 heavy (non-hydrogen) atoms. The summed E-state index contributed by atoms with van der Waals surface area (Å²) in [4.78, 5) is 13.5. The first-order valence-electron chi connectivity index (χ1n) is 5.06. The zero-order valence-electron chi connectivity index (χ0n) is 9.20. The predicted octanol–water partition coefficient (Wildman–Crippen LogP) is 1.82. The maximum Gasteiger partial charge on any atom is 0.304 e. The highest BCUT2D eigenvalue weighted by atomic mass is 32.1. The number of halogens is 1. The van der Waals surface area contributed by atoms with Gasteiger partial charge >= 0.3 is 4.87 Å². The number of aromatic amines is 1. The fourth-order valence-corrected chi connectivity index (χ4v) is 2.17. The second-order valence-electron chi connectivity index (χ2n) is 3.59. The van der Waals surface area contributed by atoms with E-state index in [0.717, 1.165) is 17.0 Å². The second-order valence-corrected chi connectivity index (χ2v) is 4.87. The fourth-order valence-electron chi connectivity index (χ4n) is 1.42. The quantitative estimate of drug-likeness (QED) is 0.749. The summed E-state index contributed by atoms with van der Waals surface area (Å²) in [7, 11) is 0. The first-order chi connectivity index (χ1) is 8.56. The van der Waals surface area contributed by atoms with Crippen LogP contribution >= 0.6 is 23.6 Å². The van der Waals surface area contributed by atoms with Crippen LogP contribution in [0.15, 0.2) is 28.4 Å². The molecule has 4 N–H and O–H groups in total. The van der Waals surface area contributed by atoms with Crippen molar-refractivity contribution < 1.29 is 4.39 Å². The van der Waals surface area contributed by atoms with E-state index in [1.807, 2.05) is 0 Å². The monoisotopic (exact) mass is 283 g/mol. The van der Waals surface area contributed by atoms with Crippen LogP contribution in [0.5, 0.6) is 0 Å². The lowest BCUT2D eigenvalue weighted by atomic mass is 10.2. The summed E-state index contributed by atoms with van der Waals surface area (Å²) in [6.45, 7) is 0.421. The Balaban J connectivity index is 2.08. The molecule has 7 heteroatoms. The number of anilines is 1. The molecule has 1 heterocycles. The van der Waals surface area contributed by atoms with Crippen molar-refractivity contribution in [2.75, 3.05) is 5.32 Å². The maximum absolute atomic E-state index is 13.6. The Morgan fingerprint density at radius 1 is 1.56 bits per heavy atom. The lowest BCUT2D eigenvalue weighted by Gasteiger charge is -2.07. The maximum atomic E-state index is 13.6. The van der Waals surface area contributed by atoms with Gasteiger partial charge in [-0.2, -0.15) is 0 Å². The molecule has 0 aliphatic heterocycles.